The van der Waals surface area contributed by atoms with Crippen LogP contribution in [0.15, 0.2) is 48.5 Å². The first-order chi connectivity index (χ1) is 8.24. The molecule has 0 atom stereocenters. The molecular formula is C12H12N2O2S. The summed E-state index contributed by atoms with van der Waals surface area (Å²) in [5.74, 6) is 1.28. The Kier molecular flexibility index (Phi) is 3.62. The lowest BCUT2D eigenvalue weighted by atomic mass is 10.3. The maximum atomic E-state index is 5.61. The first-order valence-corrected chi connectivity index (χ1v) is 5.63. The Balaban J connectivity index is 1.87. The lowest BCUT2D eigenvalue weighted by molar-refractivity contribution is 0.541. The molecule has 0 unspecified atom stereocenters. The zero-order valence-electron chi connectivity index (χ0n) is 9.00. The van der Waals surface area contributed by atoms with Gasteiger partial charge >= 0.3 is 0 Å². The molecular weight excluding hydrogens is 236 g/mol. The molecule has 2 rings (SSSR count). The molecule has 4 N–H and O–H groups in total. The fraction of sp³-hybridized carbons (Fsp3) is 0. The van der Waals surface area contributed by atoms with Crippen molar-refractivity contribution < 1.29 is 8.37 Å². The van der Waals surface area contributed by atoms with E-state index in [4.69, 9.17) is 19.8 Å². The molecule has 0 heterocycles. The van der Waals surface area contributed by atoms with Crippen molar-refractivity contribution in [1.82, 2.24) is 0 Å². The molecule has 0 saturated heterocycles. The van der Waals surface area contributed by atoms with Crippen molar-refractivity contribution in [2.45, 2.75) is 0 Å². The van der Waals surface area contributed by atoms with E-state index >= 15 is 0 Å². The van der Waals surface area contributed by atoms with E-state index in [1.807, 2.05) is 12.1 Å². The zero-order chi connectivity index (χ0) is 12.1. The fourth-order valence-electron chi connectivity index (χ4n) is 1.23. The predicted molar refractivity (Wildman–Crippen MR) is 70.6 cm³/mol. The molecule has 5 heteroatoms. The first-order valence-electron chi connectivity index (χ1n) is 4.96. The van der Waals surface area contributed by atoms with Gasteiger partial charge in [0.05, 0.1) is 0 Å². The molecule has 4 nitrogen and oxygen atoms in total. The van der Waals surface area contributed by atoms with Gasteiger partial charge in [0.1, 0.15) is 11.5 Å². The molecule has 0 spiro atoms. The summed E-state index contributed by atoms with van der Waals surface area (Å²) in [5.41, 5.74) is 12.5. The largest absolute Gasteiger partial charge is 0.399 e. The summed E-state index contributed by atoms with van der Waals surface area (Å²) >= 11 is 0.866. The van der Waals surface area contributed by atoms with Crippen LogP contribution in [0.1, 0.15) is 0 Å². The second-order valence-corrected chi connectivity index (χ2v) is 3.85. The average molecular weight is 248 g/mol. The normalized spacial score (nSPS) is 9.88. The third-order valence-electron chi connectivity index (χ3n) is 1.98. The van der Waals surface area contributed by atoms with E-state index < -0.39 is 0 Å². The lowest BCUT2D eigenvalue weighted by Gasteiger charge is -2.05. The van der Waals surface area contributed by atoms with Crippen LogP contribution in [0, 0.1) is 0 Å². The average Bonchev–Trinajstić information content (AvgIpc) is 2.29. The quantitative estimate of drug-likeness (QED) is 0.643. The summed E-state index contributed by atoms with van der Waals surface area (Å²) in [6.07, 6.45) is 0. The minimum absolute atomic E-state index is 0.638. The van der Waals surface area contributed by atoms with E-state index in [1.165, 1.54) is 0 Å². The second kappa shape index (κ2) is 5.36. The van der Waals surface area contributed by atoms with Gasteiger partial charge in [0.2, 0.25) is 0 Å². The van der Waals surface area contributed by atoms with Gasteiger partial charge in [-0.15, -0.1) is 0 Å². The lowest BCUT2D eigenvalue weighted by Crippen LogP contribution is -1.90. The SMILES string of the molecule is Nc1cccc(OSOc2cccc(N)c2)c1. The van der Waals surface area contributed by atoms with Gasteiger partial charge in [-0.3, -0.25) is 0 Å². The number of nitrogen functional groups attached to an aromatic ring is 2. The van der Waals surface area contributed by atoms with Gasteiger partial charge < -0.3 is 19.8 Å². The van der Waals surface area contributed by atoms with E-state index in [1.54, 1.807) is 36.4 Å². The molecule has 0 radical (unpaired) electrons. The Morgan fingerprint density at radius 1 is 0.765 bits per heavy atom. The van der Waals surface area contributed by atoms with Gasteiger partial charge in [-0.05, 0) is 24.3 Å². The van der Waals surface area contributed by atoms with Crippen molar-refractivity contribution in [2.24, 2.45) is 0 Å². The van der Waals surface area contributed by atoms with Crippen molar-refractivity contribution in [3.05, 3.63) is 48.5 Å². The third-order valence-corrected chi connectivity index (χ3v) is 2.50. The molecule has 88 valence electrons. The Morgan fingerprint density at radius 3 is 1.65 bits per heavy atom. The highest BCUT2D eigenvalue weighted by molar-refractivity contribution is 7.90. The second-order valence-electron chi connectivity index (χ2n) is 3.38. The van der Waals surface area contributed by atoms with Gasteiger partial charge in [-0.2, -0.15) is 0 Å². The van der Waals surface area contributed by atoms with Gasteiger partial charge in [0.15, 0.2) is 0 Å². The summed E-state index contributed by atoms with van der Waals surface area (Å²) in [4.78, 5) is 0. The van der Waals surface area contributed by atoms with Crippen LogP contribution >= 0.6 is 12.3 Å². The summed E-state index contributed by atoms with van der Waals surface area (Å²) in [7, 11) is 0. The van der Waals surface area contributed by atoms with E-state index in [-0.39, 0.29) is 0 Å². The highest BCUT2D eigenvalue weighted by Gasteiger charge is 1.99. The Labute approximate surface area is 104 Å². The van der Waals surface area contributed by atoms with Crippen molar-refractivity contribution in [3.8, 4) is 11.5 Å². The minimum Gasteiger partial charge on any atom is -0.399 e. The van der Waals surface area contributed by atoms with Crippen LogP contribution < -0.4 is 19.8 Å². The van der Waals surface area contributed by atoms with Crippen LogP contribution in [-0.4, -0.2) is 0 Å². The van der Waals surface area contributed by atoms with Crippen LogP contribution in [0.4, 0.5) is 11.4 Å². The summed E-state index contributed by atoms with van der Waals surface area (Å²) in [6, 6.07) is 14.2. The zero-order valence-corrected chi connectivity index (χ0v) is 9.81. The molecule has 0 aliphatic carbocycles. The standard InChI is InChI=1S/C12H12N2O2S/c13-9-3-1-5-11(7-9)15-17-16-12-6-2-4-10(14)8-12/h1-8H,13-14H2. The summed E-state index contributed by atoms with van der Waals surface area (Å²) in [5, 5.41) is 0. The summed E-state index contributed by atoms with van der Waals surface area (Å²) < 4.78 is 10.6. The molecule has 0 aromatic heterocycles. The number of nitrogens with two attached hydrogens (primary N) is 2. The highest BCUT2D eigenvalue weighted by Crippen LogP contribution is 2.23. The van der Waals surface area contributed by atoms with Gasteiger partial charge in [0.25, 0.3) is 12.3 Å². The van der Waals surface area contributed by atoms with Gasteiger partial charge in [0, 0.05) is 23.5 Å². The molecule has 0 saturated carbocycles. The van der Waals surface area contributed by atoms with Crippen LogP contribution in [-0.2, 0) is 0 Å². The number of anilines is 2. The molecule has 2 aromatic rings. The highest BCUT2D eigenvalue weighted by atomic mass is 32.2. The number of hydrogen-bond donors (Lipinski definition) is 2. The molecule has 0 aliphatic heterocycles. The molecule has 0 aliphatic rings. The van der Waals surface area contributed by atoms with Crippen LogP contribution in [0.3, 0.4) is 0 Å². The van der Waals surface area contributed by atoms with Crippen molar-refractivity contribution in [2.75, 3.05) is 11.5 Å². The van der Waals surface area contributed by atoms with E-state index in [2.05, 4.69) is 0 Å². The fourth-order valence-corrected chi connectivity index (χ4v) is 1.63. The van der Waals surface area contributed by atoms with E-state index in [0.717, 1.165) is 12.3 Å². The Hall–Kier alpha value is -2.01. The van der Waals surface area contributed by atoms with Crippen molar-refractivity contribution in [3.63, 3.8) is 0 Å². The number of benzene rings is 2. The topological polar surface area (TPSA) is 70.5 Å². The molecule has 17 heavy (non-hydrogen) atoms. The summed E-state index contributed by atoms with van der Waals surface area (Å²) in [6.45, 7) is 0. The number of hydrogen-bond acceptors (Lipinski definition) is 5. The monoisotopic (exact) mass is 248 g/mol. The smallest absolute Gasteiger partial charge is 0.293 e. The Morgan fingerprint density at radius 2 is 1.24 bits per heavy atom. The molecule has 0 fully saturated rings. The van der Waals surface area contributed by atoms with E-state index in [0.29, 0.717) is 22.9 Å². The van der Waals surface area contributed by atoms with Crippen LogP contribution in [0.2, 0.25) is 0 Å². The van der Waals surface area contributed by atoms with E-state index in [9.17, 15) is 0 Å². The Bertz CT molecular complexity index is 460. The maximum absolute atomic E-state index is 5.61. The molecule has 0 amide bonds. The number of rotatable bonds is 4. The van der Waals surface area contributed by atoms with Crippen molar-refractivity contribution in [1.29, 1.82) is 0 Å². The first kappa shape index (κ1) is 11.5. The maximum Gasteiger partial charge on any atom is 0.293 e. The van der Waals surface area contributed by atoms with Gasteiger partial charge in [-0.25, -0.2) is 0 Å². The predicted octanol–water partition coefficient (Wildman–Crippen LogP) is 2.87. The van der Waals surface area contributed by atoms with Crippen LogP contribution in [0.5, 0.6) is 11.5 Å². The van der Waals surface area contributed by atoms with Gasteiger partial charge in [-0.1, -0.05) is 12.1 Å². The van der Waals surface area contributed by atoms with Crippen molar-refractivity contribution >= 4 is 23.7 Å². The molecule has 0 bridgehead atoms. The minimum atomic E-state index is 0.638. The molecule has 2 aromatic carbocycles. The third kappa shape index (κ3) is 3.49. The van der Waals surface area contributed by atoms with Crippen LogP contribution in [0.25, 0.3) is 0 Å².